The number of nitrogens with two attached hydrogens (primary N) is 1. The Balaban J connectivity index is 2.18. The quantitative estimate of drug-likeness (QED) is 0.674. The second-order valence-electron chi connectivity index (χ2n) is 3.97. The first-order valence-corrected chi connectivity index (χ1v) is 5.68. The Morgan fingerprint density at radius 2 is 1.84 bits per heavy atom. The highest BCUT2D eigenvalue weighted by molar-refractivity contribution is 5.92. The molecule has 98 valence electrons. The second kappa shape index (κ2) is 5.39. The molecule has 0 bridgehead atoms. The molecule has 2 N–H and O–H groups in total. The minimum absolute atomic E-state index is 0.357. The number of carbonyl (C=O) groups excluding carboxylic acids is 1. The van der Waals surface area contributed by atoms with E-state index in [9.17, 15) is 4.79 Å². The topological polar surface area (TPSA) is 74.4 Å². The number of hydrogen-bond donors (Lipinski definition) is 1. The number of hydrogen-bond acceptors (Lipinski definition) is 5. The lowest BCUT2D eigenvalue weighted by atomic mass is 10.2. The van der Waals surface area contributed by atoms with Crippen LogP contribution in [0, 0.1) is 6.92 Å². The zero-order valence-electron chi connectivity index (χ0n) is 10.7. The molecule has 0 radical (unpaired) electrons. The number of nitrogens with zero attached hydrogens (tertiary/aromatic N) is 1. The van der Waals surface area contributed by atoms with Crippen LogP contribution in [0.1, 0.15) is 16.1 Å². The van der Waals surface area contributed by atoms with E-state index in [1.807, 2.05) is 0 Å². The van der Waals surface area contributed by atoms with Crippen LogP contribution in [-0.4, -0.2) is 18.1 Å². The van der Waals surface area contributed by atoms with Crippen molar-refractivity contribution in [3.05, 3.63) is 47.8 Å². The summed E-state index contributed by atoms with van der Waals surface area (Å²) in [6.07, 6.45) is 1.50. The van der Waals surface area contributed by atoms with Crippen molar-refractivity contribution in [1.29, 1.82) is 0 Å². The van der Waals surface area contributed by atoms with Crippen molar-refractivity contribution in [3.63, 3.8) is 0 Å². The predicted molar refractivity (Wildman–Crippen MR) is 71.3 cm³/mol. The highest BCUT2D eigenvalue weighted by Crippen LogP contribution is 2.19. The third kappa shape index (κ3) is 3.01. The van der Waals surface area contributed by atoms with Crippen molar-refractivity contribution in [1.82, 2.24) is 4.98 Å². The largest absolute Gasteiger partial charge is 0.497 e. The number of anilines is 1. The summed E-state index contributed by atoms with van der Waals surface area (Å²) in [5, 5.41) is 0. The fourth-order valence-corrected chi connectivity index (χ4v) is 1.56. The van der Waals surface area contributed by atoms with E-state index in [1.54, 1.807) is 44.4 Å². The number of aryl methyl sites for hydroxylation is 1. The minimum Gasteiger partial charge on any atom is -0.497 e. The molecule has 1 aromatic carbocycles. The zero-order valence-corrected chi connectivity index (χ0v) is 10.7. The normalized spacial score (nSPS) is 10.0. The van der Waals surface area contributed by atoms with E-state index in [2.05, 4.69) is 4.98 Å². The number of aromatic nitrogens is 1. The van der Waals surface area contributed by atoms with Crippen molar-refractivity contribution >= 4 is 11.7 Å². The average Bonchev–Trinajstić information content (AvgIpc) is 2.42. The summed E-state index contributed by atoms with van der Waals surface area (Å²) >= 11 is 0. The van der Waals surface area contributed by atoms with E-state index in [4.69, 9.17) is 15.2 Å². The Hall–Kier alpha value is -2.56. The van der Waals surface area contributed by atoms with Gasteiger partial charge in [-0.3, -0.25) is 4.98 Å². The minimum atomic E-state index is -0.484. The number of carbonyl (C=O) groups is 1. The van der Waals surface area contributed by atoms with E-state index in [0.717, 1.165) is 0 Å². The molecule has 0 spiro atoms. The Bertz CT molecular complexity index is 594. The number of pyridine rings is 1. The molecule has 0 amide bonds. The fraction of sp³-hybridized carbons (Fsp3) is 0.143. The van der Waals surface area contributed by atoms with Gasteiger partial charge in [-0.2, -0.15) is 0 Å². The first kappa shape index (κ1) is 12.9. The van der Waals surface area contributed by atoms with Gasteiger partial charge in [0, 0.05) is 0 Å². The van der Waals surface area contributed by atoms with Gasteiger partial charge in [0.1, 0.15) is 11.5 Å². The molecular formula is C14H14N2O3. The number of ether oxygens (including phenoxy) is 2. The van der Waals surface area contributed by atoms with Crippen molar-refractivity contribution in [2.75, 3.05) is 12.8 Å². The van der Waals surface area contributed by atoms with E-state index in [1.165, 1.54) is 6.20 Å². The molecule has 0 aliphatic carbocycles. The van der Waals surface area contributed by atoms with Gasteiger partial charge in [0.05, 0.1) is 30.3 Å². The van der Waals surface area contributed by atoms with Gasteiger partial charge in [-0.1, -0.05) is 0 Å². The smallest absolute Gasteiger partial charge is 0.345 e. The molecule has 19 heavy (non-hydrogen) atoms. The Morgan fingerprint density at radius 3 is 2.47 bits per heavy atom. The zero-order chi connectivity index (χ0) is 13.8. The SMILES string of the molecule is COc1ccc(OC(=O)c2cc(N)cnc2C)cc1. The Kier molecular flexibility index (Phi) is 3.66. The summed E-state index contributed by atoms with van der Waals surface area (Å²) in [7, 11) is 1.57. The van der Waals surface area contributed by atoms with Crippen LogP contribution in [0.25, 0.3) is 0 Å². The van der Waals surface area contributed by atoms with E-state index in [0.29, 0.717) is 28.4 Å². The molecule has 0 saturated heterocycles. The maximum atomic E-state index is 12.0. The maximum absolute atomic E-state index is 12.0. The number of rotatable bonds is 3. The van der Waals surface area contributed by atoms with E-state index >= 15 is 0 Å². The molecule has 0 aliphatic rings. The van der Waals surface area contributed by atoms with Gasteiger partial charge in [-0.25, -0.2) is 4.79 Å². The lowest BCUT2D eigenvalue weighted by molar-refractivity contribution is 0.0733. The molecular weight excluding hydrogens is 244 g/mol. The molecule has 0 fully saturated rings. The summed E-state index contributed by atoms with van der Waals surface area (Å²) in [6, 6.07) is 8.30. The van der Waals surface area contributed by atoms with Crippen LogP contribution in [0.2, 0.25) is 0 Å². The molecule has 0 unspecified atom stereocenters. The van der Waals surface area contributed by atoms with Crippen LogP contribution in [0.5, 0.6) is 11.5 Å². The van der Waals surface area contributed by atoms with Crippen molar-refractivity contribution in [2.24, 2.45) is 0 Å². The van der Waals surface area contributed by atoms with Crippen LogP contribution in [0.15, 0.2) is 36.5 Å². The molecule has 0 atom stereocenters. The lowest BCUT2D eigenvalue weighted by Crippen LogP contribution is -2.11. The van der Waals surface area contributed by atoms with Crippen molar-refractivity contribution in [3.8, 4) is 11.5 Å². The van der Waals surface area contributed by atoms with Crippen LogP contribution >= 0.6 is 0 Å². The number of nitrogen functional groups attached to an aromatic ring is 1. The van der Waals surface area contributed by atoms with Crippen LogP contribution in [-0.2, 0) is 0 Å². The van der Waals surface area contributed by atoms with Crippen LogP contribution in [0.4, 0.5) is 5.69 Å². The highest BCUT2D eigenvalue weighted by Gasteiger charge is 2.13. The number of esters is 1. The number of benzene rings is 1. The maximum Gasteiger partial charge on any atom is 0.345 e. The van der Waals surface area contributed by atoms with Crippen molar-refractivity contribution in [2.45, 2.75) is 6.92 Å². The fourth-order valence-electron chi connectivity index (χ4n) is 1.56. The molecule has 5 nitrogen and oxygen atoms in total. The second-order valence-corrected chi connectivity index (χ2v) is 3.97. The Labute approximate surface area is 111 Å². The van der Waals surface area contributed by atoms with Gasteiger partial charge in [0.25, 0.3) is 0 Å². The summed E-state index contributed by atoms with van der Waals surface area (Å²) in [5.74, 6) is 0.650. The monoisotopic (exact) mass is 258 g/mol. The van der Waals surface area contributed by atoms with Gasteiger partial charge in [-0.05, 0) is 37.3 Å². The molecule has 0 saturated carbocycles. The summed E-state index contributed by atoms with van der Waals surface area (Å²) in [4.78, 5) is 16.0. The third-order valence-electron chi connectivity index (χ3n) is 2.60. The molecule has 1 heterocycles. The van der Waals surface area contributed by atoms with E-state index < -0.39 is 5.97 Å². The van der Waals surface area contributed by atoms with Gasteiger partial charge in [-0.15, -0.1) is 0 Å². The first-order chi connectivity index (χ1) is 9.10. The molecule has 0 aliphatic heterocycles. The highest BCUT2D eigenvalue weighted by atomic mass is 16.5. The summed E-state index contributed by atoms with van der Waals surface area (Å²) in [5.41, 5.74) is 6.97. The summed E-state index contributed by atoms with van der Waals surface area (Å²) < 4.78 is 10.3. The van der Waals surface area contributed by atoms with Crippen LogP contribution in [0.3, 0.4) is 0 Å². The van der Waals surface area contributed by atoms with Crippen LogP contribution < -0.4 is 15.2 Å². The molecule has 2 rings (SSSR count). The van der Waals surface area contributed by atoms with Gasteiger partial charge in [0.15, 0.2) is 0 Å². The molecule has 5 heteroatoms. The van der Waals surface area contributed by atoms with Gasteiger partial charge < -0.3 is 15.2 Å². The third-order valence-corrected chi connectivity index (χ3v) is 2.60. The molecule has 1 aromatic heterocycles. The van der Waals surface area contributed by atoms with Gasteiger partial charge >= 0.3 is 5.97 Å². The Morgan fingerprint density at radius 1 is 1.21 bits per heavy atom. The standard InChI is InChI=1S/C14H14N2O3/c1-9-13(7-10(15)8-16-9)14(17)19-12-5-3-11(18-2)4-6-12/h3-8H,15H2,1-2H3. The molecule has 2 aromatic rings. The van der Waals surface area contributed by atoms with Gasteiger partial charge in [0.2, 0.25) is 0 Å². The summed E-state index contributed by atoms with van der Waals surface area (Å²) in [6.45, 7) is 1.73. The predicted octanol–water partition coefficient (Wildman–Crippen LogP) is 2.20. The van der Waals surface area contributed by atoms with E-state index in [-0.39, 0.29) is 0 Å². The van der Waals surface area contributed by atoms with Crippen molar-refractivity contribution < 1.29 is 14.3 Å². The average molecular weight is 258 g/mol. The lowest BCUT2D eigenvalue weighted by Gasteiger charge is -2.07. The first-order valence-electron chi connectivity index (χ1n) is 5.68. The number of methoxy groups -OCH3 is 1.